The van der Waals surface area contributed by atoms with Crippen LogP contribution in [-0.2, 0) is 16.1 Å². The Labute approximate surface area is 175 Å². The molecule has 0 bridgehead atoms. The van der Waals surface area contributed by atoms with Gasteiger partial charge in [0.2, 0.25) is 5.90 Å². The van der Waals surface area contributed by atoms with Crippen LogP contribution in [0.25, 0.3) is 6.08 Å². The summed E-state index contributed by atoms with van der Waals surface area (Å²) in [6.07, 6.45) is 1.57. The molecule has 0 N–H and O–H groups in total. The van der Waals surface area contributed by atoms with E-state index in [1.165, 1.54) is 12.1 Å². The molecule has 3 aromatic carbocycles. The number of aliphatic imine (C=N–C) groups is 1. The third kappa shape index (κ3) is 4.27. The highest BCUT2D eigenvalue weighted by molar-refractivity contribution is 9.10. The standard InChI is InChI=1S/C23H15BrFNO3/c24-18-10-4-1-8-16(18)14-28-21-12-6-2-7-15(21)13-20-23(27)29-22(26-20)17-9-3-5-11-19(17)25/h1-13H,14H2/b20-13-. The van der Waals surface area contributed by atoms with E-state index in [1.54, 1.807) is 18.2 Å². The number of hydrogen-bond acceptors (Lipinski definition) is 4. The van der Waals surface area contributed by atoms with E-state index >= 15 is 0 Å². The second-order valence-corrected chi connectivity index (χ2v) is 7.09. The number of carbonyl (C=O) groups excluding carboxylic acids is 1. The summed E-state index contributed by atoms with van der Waals surface area (Å²) in [5.74, 6) is -0.592. The van der Waals surface area contributed by atoms with Gasteiger partial charge in [-0.25, -0.2) is 14.2 Å². The van der Waals surface area contributed by atoms with Gasteiger partial charge in [0.05, 0.1) is 5.56 Å². The molecule has 0 aliphatic carbocycles. The Balaban J connectivity index is 1.61. The molecule has 0 saturated heterocycles. The first-order chi connectivity index (χ1) is 14.1. The molecule has 0 amide bonds. The van der Waals surface area contributed by atoms with E-state index in [0.717, 1.165) is 10.0 Å². The van der Waals surface area contributed by atoms with Crippen molar-refractivity contribution >= 4 is 33.9 Å². The van der Waals surface area contributed by atoms with Crippen molar-refractivity contribution in [1.82, 2.24) is 0 Å². The molecule has 0 saturated carbocycles. The number of para-hydroxylation sites is 1. The number of ether oxygens (including phenoxy) is 2. The molecule has 4 nitrogen and oxygen atoms in total. The highest BCUT2D eigenvalue weighted by atomic mass is 79.9. The molecule has 1 heterocycles. The number of cyclic esters (lactones) is 1. The van der Waals surface area contributed by atoms with Crippen molar-refractivity contribution in [2.75, 3.05) is 0 Å². The lowest BCUT2D eigenvalue weighted by atomic mass is 10.1. The van der Waals surface area contributed by atoms with Gasteiger partial charge in [-0.05, 0) is 30.3 Å². The Morgan fingerprint density at radius 2 is 1.72 bits per heavy atom. The van der Waals surface area contributed by atoms with Crippen molar-refractivity contribution in [1.29, 1.82) is 0 Å². The lowest BCUT2D eigenvalue weighted by molar-refractivity contribution is -0.129. The van der Waals surface area contributed by atoms with Gasteiger partial charge in [-0.2, -0.15) is 0 Å². The summed E-state index contributed by atoms with van der Waals surface area (Å²) in [5.41, 5.74) is 1.89. The average molecular weight is 452 g/mol. The van der Waals surface area contributed by atoms with E-state index in [4.69, 9.17) is 9.47 Å². The lowest BCUT2D eigenvalue weighted by Gasteiger charge is -2.10. The van der Waals surface area contributed by atoms with Gasteiger partial charge in [0.25, 0.3) is 0 Å². The van der Waals surface area contributed by atoms with Gasteiger partial charge in [-0.1, -0.05) is 64.5 Å². The van der Waals surface area contributed by atoms with Crippen LogP contribution in [0.2, 0.25) is 0 Å². The largest absolute Gasteiger partial charge is 0.488 e. The fourth-order valence-corrected chi connectivity index (χ4v) is 3.21. The Kier molecular flexibility index (Phi) is 5.53. The summed E-state index contributed by atoms with van der Waals surface area (Å²) in [6, 6.07) is 21.1. The van der Waals surface area contributed by atoms with Gasteiger partial charge in [0, 0.05) is 15.6 Å². The zero-order valence-electron chi connectivity index (χ0n) is 15.1. The van der Waals surface area contributed by atoms with Crippen LogP contribution in [0, 0.1) is 5.82 Å². The minimum absolute atomic E-state index is 0.0500. The molecule has 0 aromatic heterocycles. The van der Waals surface area contributed by atoms with Crippen LogP contribution in [0.3, 0.4) is 0 Å². The minimum atomic E-state index is -0.635. The molecular formula is C23H15BrFNO3. The Hall–Kier alpha value is -3.25. The number of halogens is 2. The maximum absolute atomic E-state index is 14.0. The average Bonchev–Trinajstić information content (AvgIpc) is 3.09. The van der Waals surface area contributed by atoms with Crippen LogP contribution in [0.1, 0.15) is 16.7 Å². The first-order valence-electron chi connectivity index (χ1n) is 8.84. The van der Waals surface area contributed by atoms with E-state index in [1.807, 2.05) is 48.5 Å². The molecule has 0 spiro atoms. The van der Waals surface area contributed by atoms with E-state index in [9.17, 15) is 9.18 Å². The van der Waals surface area contributed by atoms with Gasteiger partial charge in [-0.15, -0.1) is 0 Å². The van der Waals surface area contributed by atoms with Crippen molar-refractivity contribution in [3.8, 4) is 5.75 Å². The molecule has 6 heteroatoms. The predicted molar refractivity (Wildman–Crippen MR) is 112 cm³/mol. The third-order valence-electron chi connectivity index (χ3n) is 4.28. The van der Waals surface area contributed by atoms with Crippen molar-refractivity contribution in [3.05, 3.63) is 105 Å². The van der Waals surface area contributed by atoms with Crippen LogP contribution in [0.5, 0.6) is 5.75 Å². The molecule has 29 heavy (non-hydrogen) atoms. The molecule has 144 valence electrons. The van der Waals surface area contributed by atoms with Crippen molar-refractivity contribution in [3.63, 3.8) is 0 Å². The Morgan fingerprint density at radius 1 is 1.00 bits per heavy atom. The Morgan fingerprint density at radius 3 is 2.55 bits per heavy atom. The summed E-state index contributed by atoms with van der Waals surface area (Å²) in [7, 11) is 0. The molecule has 0 unspecified atom stereocenters. The molecule has 1 aliphatic heterocycles. The minimum Gasteiger partial charge on any atom is -0.488 e. The molecule has 3 aromatic rings. The van der Waals surface area contributed by atoms with E-state index in [0.29, 0.717) is 17.9 Å². The normalized spacial score (nSPS) is 14.6. The third-order valence-corrected chi connectivity index (χ3v) is 5.05. The maximum Gasteiger partial charge on any atom is 0.363 e. The molecule has 0 radical (unpaired) electrons. The first-order valence-corrected chi connectivity index (χ1v) is 9.64. The fraction of sp³-hybridized carbons (Fsp3) is 0.0435. The number of nitrogens with zero attached hydrogens (tertiary/aromatic N) is 1. The zero-order chi connectivity index (χ0) is 20.2. The predicted octanol–water partition coefficient (Wildman–Crippen LogP) is 5.51. The van der Waals surface area contributed by atoms with Crippen LogP contribution in [0.4, 0.5) is 4.39 Å². The molecule has 0 atom stereocenters. The summed E-state index contributed by atoms with van der Waals surface area (Å²) < 4.78 is 26.0. The van der Waals surface area contributed by atoms with Gasteiger partial charge in [0.1, 0.15) is 18.2 Å². The van der Waals surface area contributed by atoms with Crippen LogP contribution < -0.4 is 4.74 Å². The van der Waals surface area contributed by atoms with Crippen LogP contribution in [0.15, 0.2) is 88.0 Å². The van der Waals surface area contributed by atoms with Gasteiger partial charge in [-0.3, -0.25) is 0 Å². The summed E-state index contributed by atoms with van der Waals surface area (Å²) in [4.78, 5) is 16.4. The summed E-state index contributed by atoms with van der Waals surface area (Å²) >= 11 is 3.50. The summed E-state index contributed by atoms with van der Waals surface area (Å²) in [6.45, 7) is 0.357. The van der Waals surface area contributed by atoms with Gasteiger partial charge >= 0.3 is 5.97 Å². The quantitative estimate of drug-likeness (QED) is 0.379. The van der Waals surface area contributed by atoms with Gasteiger partial charge < -0.3 is 9.47 Å². The highest BCUT2D eigenvalue weighted by Gasteiger charge is 2.26. The van der Waals surface area contributed by atoms with E-state index in [2.05, 4.69) is 20.9 Å². The summed E-state index contributed by atoms with van der Waals surface area (Å²) in [5, 5.41) is 0. The van der Waals surface area contributed by atoms with Crippen molar-refractivity contribution < 1.29 is 18.7 Å². The number of esters is 1. The SMILES string of the molecule is O=C1OC(c2ccccc2F)=N/C1=C\c1ccccc1OCc1ccccc1Br. The highest BCUT2D eigenvalue weighted by Crippen LogP contribution is 2.26. The van der Waals surface area contributed by atoms with E-state index in [-0.39, 0.29) is 17.2 Å². The van der Waals surface area contributed by atoms with Crippen molar-refractivity contribution in [2.45, 2.75) is 6.61 Å². The maximum atomic E-state index is 14.0. The smallest absolute Gasteiger partial charge is 0.363 e. The van der Waals surface area contributed by atoms with E-state index < -0.39 is 11.8 Å². The second-order valence-electron chi connectivity index (χ2n) is 6.23. The topological polar surface area (TPSA) is 47.9 Å². The fourth-order valence-electron chi connectivity index (χ4n) is 2.81. The lowest BCUT2D eigenvalue weighted by Crippen LogP contribution is -2.07. The monoisotopic (exact) mass is 451 g/mol. The van der Waals surface area contributed by atoms with Crippen LogP contribution >= 0.6 is 15.9 Å². The second kappa shape index (κ2) is 8.41. The zero-order valence-corrected chi connectivity index (χ0v) is 16.7. The number of hydrogen-bond donors (Lipinski definition) is 0. The number of carbonyl (C=O) groups is 1. The molecule has 4 rings (SSSR count). The Bertz CT molecular complexity index is 1140. The van der Waals surface area contributed by atoms with Crippen LogP contribution in [-0.4, -0.2) is 11.9 Å². The number of rotatable bonds is 5. The van der Waals surface area contributed by atoms with Crippen molar-refractivity contribution in [2.24, 2.45) is 4.99 Å². The molecule has 1 aliphatic rings. The number of benzene rings is 3. The molecular weight excluding hydrogens is 437 g/mol. The molecule has 0 fully saturated rings. The first kappa shape index (κ1) is 19.1. The van der Waals surface area contributed by atoms with Gasteiger partial charge in [0.15, 0.2) is 5.70 Å².